The molecule has 12 aromatic rings. The van der Waals surface area contributed by atoms with Crippen LogP contribution in [0, 0.1) is 6.92 Å². The van der Waals surface area contributed by atoms with Gasteiger partial charge in [-0.2, -0.15) is 0 Å². The van der Waals surface area contributed by atoms with Crippen molar-refractivity contribution in [2.24, 2.45) is 0 Å². The smallest absolute Gasteiger partial charge is 0.297 e. The molecule has 8 heteroatoms. The van der Waals surface area contributed by atoms with E-state index in [1.165, 1.54) is 174 Å². The molecule has 0 N–H and O–H groups in total. The highest BCUT2D eigenvalue weighted by molar-refractivity contribution is 7.00. The molecule has 2 aromatic heterocycles. The second kappa shape index (κ2) is 26.3. The zero-order valence-electron chi connectivity index (χ0n) is 77.2. The van der Waals surface area contributed by atoms with E-state index in [-0.39, 0.29) is 73.0 Å². The SMILES string of the molecule is Cc1cc2c3c(c1)N(c1ccc4c(c1)C(C)(C)CCC4(C)C)c1c(oc4c1C(C)(C)CCC4(C)C)B3c1cc(-c3ccc(CC(C)(C)c4cc5c6c(c4)N(c4ccc7c(c4)C(C)(C)CCC7(C)C)c4c(oc7c4C(C)(C)CCC7(C)C)B6c4ccc(C(C)(C)C)cc4N5c4cccc(C(C)(C)C)c4)cc3)ccc1N2c1ccc(-c2ccccc2)cc1. The van der Waals surface area contributed by atoms with Gasteiger partial charge in [-0.3, -0.25) is 0 Å². The number of hydrogen-bond donors (Lipinski definition) is 0. The number of aryl methyl sites for hydroxylation is 1. The van der Waals surface area contributed by atoms with E-state index in [9.17, 15) is 0 Å². The molecule has 0 saturated heterocycles. The Kier molecular flexibility index (Phi) is 17.3. The molecule has 8 aliphatic rings. The number of fused-ring (bicyclic) bond motifs is 14. The monoisotopic (exact) mass is 1590 g/mol. The van der Waals surface area contributed by atoms with Crippen molar-refractivity contribution in [2.45, 2.75) is 290 Å². The first kappa shape index (κ1) is 79.6. The van der Waals surface area contributed by atoms with Crippen LogP contribution in [0.4, 0.5) is 68.2 Å². The lowest BCUT2D eigenvalue weighted by molar-refractivity contribution is 0.282. The molecule has 6 heterocycles. The fraction of sp³-hybridized carbons (Fsp3) is 0.398. The summed E-state index contributed by atoms with van der Waals surface area (Å²) in [7, 11) is 0. The third kappa shape index (κ3) is 12.3. The number of hydrogen-bond acceptors (Lipinski definition) is 6. The van der Waals surface area contributed by atoms with Gasteiger partial charge in [-0.05, 0) is 293 Å². The van der Waals surface area contributed by atoms with Gasteiger partial charge in [-0.1, -0.05) is 281 Å². The van der Waals surface area contributed by atoms with E-state index in [1.807, 2.05) is 0 Å². The average Bonchev–Trinajstić information content (AvgIpc) is 1.57. The molecule has 6 nitrogen and oxygen atoms in total. The molecule has 0 bridgehead atoms. The summed E-state index contributed by atoms with van der Waals surface area (Å²) in [6.07, 6.45) is 9.66. The van der Waals surface area contributed by atoms with Gasteiger partial charge in [0.2, 0.25) is 0 Å². The van der Waals surface area contributed by atoms with Crippen molar-refractivity contribution < 1.29 is 8.83 Å². The largest absolute Gasteiger partial charge is 0.472 e. The van der Waals surface area contributed by atoms with Gasteiger partial charge in [-0.25, -0.2) is 0 Å². The molecule has 0 unspecified atom stereocenters. The van der Waals surface area contributed by atoms with Crippen LogP contribution in [0.25, 0.3) is 22.3 Å². The molecule has 616 valence electrons. The minimum atomic E-state index is -0.373. The summed E-state index contributed by atoms with van der Waals surface area (Å²) in [5, 5.41) is 0. The standard InChI is InChI=1S/C113H126B2N4O2/c1-68-58-89-95-90(59-68)118(79-44-46-81-83(65-79)107(12,13)52-50-105(81,8)9)98-94-100(112(22,23)57-55-110(94,18)19)121-102(98)115(95)86-60-73(40-49-87(86)116(89)77-42-38-71(39-43-77)70-30-27-26-28-31-70)72-36-34-69(35-37-72)67-113(24,25)76-63-91-96-92(64-76)119(80-45-47-82-84(66-80)108(14,15)53-51-106(82,10)11)97-93-99(111(20,21)56-54-109(93,16)17)120-101(97)114(96)85-48-41-75(104(5,6)7)62-88(85)117(91)78-33-29-32-74(61-78)103(2,3)4/h26-49,58-66H,50-57,67H2,1-25H3. The zero-order valence-corrected chi connectivity index (χ0v) is 77.2. The van der Waals surface area contributed by atoms with Crippen LogP contribution in [-0.2, 0) is 66.0 Å². The van der Waals surface area contributed by atoms with Gasteiger partial charge in [0.25, 0.3) is 13.4 Å². The van der Waals surface area contributed by atoms with Gasteiger partial charge >= 0.3 is 0 Å². The number of anilines is 12. The Labute approximate surface area is 724 Å². The number of furan rings is 2. The normalized spacial score (nSPS) is 19.1. The van der Waals surface area contributed by atoms with E-state index in [0.717, 1.165) is 79.9 Å². The quantitative estimate of drug-likeness (QED) is 0.134. The molecule has 0 radical (unpaired) electrons. The van der Waals surface area contributed by atoms with Crippen LogP contribution >= 0.6 is 0 Å². The van der Waals surface area contributed by atoms with Crippen molar-refractivity contribution in [3.8, 4) is 22.3 Å². The molecule has 20 rings (SSSR count). The van der Waals surface area contributed by atoms with E-state index in [1.54, 1.807) is 0 Å². The highest BCUT2D eigenvalue weighted by atomic mass is 16.3. The highest BCUT2D eigenvalue weighted by Crippen LogP contribution is 2.60. The summed E-state index contributed by atoms with van der Waals surface area (Å²) in [5.41, 5.74) is 40.5. The van der Waals surface area contributed by atoms with Crippen LogP contribution < -0.4 is 52.8 Å². The Hall–Kier alpha value is -9.91. The molecular weight excluding hydrogens is 1470 g/mol. The van der Waals surface area contributed by atoms with Gasteiger partial charge < -0.3 is 28.4 Å². The van der Waals surface area contributed by atoms with Gasteiger partial charge in [0.1, 0.15) is 11.5 Å². The Bertz CT molecular complexity index is 6290. The van der Waals surface area contributed by atoms with Crippen molar-refractivity contribution in [3.63, 3.8) is 0 Å². The Balaban J connectivity index is 0.762. The van der Waals surface area contributed by atoms with Gasteiger partial charge in [0, 0.05) is 78.8 Å². The Morgan fingerprint density at radius 1 is 0.306 bits per heavy atom. The number of nitrogens with zero attached hydrogens (tertiary/aromatic N) is 4. The molecule has 121 heavy (non-hydrogen) atoms. The second-order valence-corrected chi connectivity index (χ2v) is 46.2. The maximum atomic E-state index is 7.98. The van der Waals surface area contributed by atoms with Crippen LogP contribution in [0.5, 0.6) is 0 Å². The lowest BCUT2D eigenvalue weighted by Crippen LogP contribution is -2.61. The Morgan fingerprint density at radius 2 is 0.711 bits per heavy atom. The fourth-order valence-corrected chi connectivity index (χ4v) is 23.2. The molecule has 0 spiro atoms. The van der Waals surface area contributed by atoms with Crippen molar-refractivity contribution in [2.75, 3.05) is 19.6 Å². The van der Waals surface area contributed by atoms with Crippen LogP contribution in [-0.4, -0.2) is 13.4 Å². The predicted octanol–water partition coefficient (Wildman–Crippen LogP) is 27.2. The van der Waals surface area contributed by atoms with E-state index < -0.39 is 0 Å². The molecule has 0 fully saturated rings. The maximum absolute atomic E-state index is 7.98. The van der Waals surface area contributed by atoms with Crippen molar-refractivity contribution in [1.29, 1.82) is 0 Å². The zero-order chi connectivity index (χ0) is 85.3. The van der Waals surface area contributed by atoms with Crippen LogP contribution in [0.15, 0.2) is 209 Å². The lowest BCUT2D eigenvalue weighted by atomic mass is 9.35. The first-order chi connectivity index (χ1) is 56.8. The molecule has 0 saturated carbocycles. The molecule has 4 aliphatic heterocycles. The lowest BCUT2D eigenvalue weighted by Gasteiger charge is -2.46. The topological polar surface area (TPSA) is 39.2 Å². The third-order valence-corrected chi connectivity index (χ3v) is 31.2. The summed E-state index contributed by atoms with van der Waals surface area (Å²) in [5.74, 6) is 2.29. The third-order valence-electron chi connectivity index (χ3n) is 31.2. The summed E-state index contributed by atoms with van der Waals surface area (Å²) in [6, 6.07) is 79.6. The first-order valence-electron chi connectivity index (χ1n) is 45.7. The van der Waals surface area contributed by atoms with E-state index in [4.69, 9.17) is 8.83 Å². The van der Waals surface area contributed by atoms with E-state index >= 15 is 0 Å². The van der Waals surface area contributed by atoms with Crippen molar-refractivity contribution in [3.05, 3.63) is 273 Å². The number of benzene rings is 10. The van der Waals surface area contributed by atoms with Gasteiger partial charge in [0.05, 0.1) is 22.7 Å². The minimum absolute atomic E-state index is 0.0102. The summed E-state index contributed by atoms with van der Waals surface area (Å²) >= 11 is 0. The molecule has 10 aromatic carbocycles. The van der Waals surface area contributed by atoms with Crippen LogP contribution in [0.3, 0.4) is 0 Å². The second-order valence-electron chi connectivity index (χ2n) is 46.2. The molecule has 0 atom stereocenters. The van der Waals surface area contributed by atoms with Crippen molar-refractivity contribution in [1.82, 2.24) is 0 Å². The van der Waals surface area contributed by atoms with E-state index in [0.29, 0.717) is 0 Å². The number of rotatable bonds is 9. The van der Waals surface area contributed by atoms with Gasteiger partial charge in [0.15, 0.2) is 0 Å². The fourth-order valence-electron chi connectivity index (χ4n) is 23.2. The molecular formula is C113H126B2N4O2. The average molecular weight is 1590 g/mol. The molecule has 0 amide bonds. The summed E-state index contributed by atoms with van der Waals surface area (Å²) in [6.45, 7) is 60.6. The van der Waals surface area contributed by atoms with Crippen LogP contribution in [0.1, 0.15) is 290 Å². The first-order valence-corrected chi connectivity index (χ1v) is 45.7. The Morgan fingerprint density at radius 3 is 1.24 bits per heavy atom. The molecule has 4 aliphatic carbocycles. The van der Waals surface area contributed by atoms with Gasteiger partial charge in [-0.15, -0.1) is 0 Å². The van der Waals surface area contributed by atoms with E-state index in [2.05, 4.69) is 393 Å². The summed E-state index contributed by atoms with van der Waals surface area (Å²) < 4.78 is 15.9. The van der Waals surface area contributed by atoms with Crippen LogP contribution in [0.2, 0.25) is 0 Å². The minimum Gasteiger partial charge on any atom is -0.472 e. The predicted molar refractivity (Wildman–Crippen MR) is 516 cm³/mol. The highest BCUT2D eigenvalue weighted by Gasteiger charge is 2.56. The van der Waals surface area contributed by atoms with Crippen molar-refractivity contribution >= 4 is 115 Å². The maximum Gasteiger partial charge on any atom is 0.297 e. The summed E-state index contributed by atoms with van der Waals surface area (Å²) in [4.78, 5) is 10.7.